The number of aliphatic carboxylic acids is 1. The van der Waals surface area contributed by atoms with E-state index >= 15 is 0 Å². The van der Waals surface area contributed by atoms with Gasteiger partial charge in [-0.3, -0.25) is 9.69 Å². The van der Waals surface area contributed by atoms with E-state index in [0.717, 1.165) is 0 Å². The van der Waals surface area contributed by atoms with Gasteiger partial charge in [0.15, 0.2) is 0 Å². The molecule has 1 aliphatic rings. The van der Waals surface area contributed by atoms with E-state index in [1.165, 1.54) is 0 Å². The molecule has 74 valence electrons. The van der Waals surface area contributed by atoms with Gasteiger partial charge in [0.1, 0.15) is 0 Å². The number of aliphatic hydroxyl groups is 1. The Morgan fingerprint density at radius 2 is 2.31 bits per heavy atom. The van der Waals surface area contributed by atoms with Gasteiger partial charge in [-0.1, -0.05) is 6.08 Å². The van der Waals surface area contributed by atoms with Gasteiger partial charge in [0, 0.05) is 19.6 Å². The van der Waals surface area contributed by atoms with Crippen molar-refractivity contribution in [2.75, 3.05) is 19.6 Å². The Bertz CT molecular complexity index is 205. The van der Waals surface area contributed by atoms with Gasteiger partial charge in [-0.2, -0.15) is 0 Å². The lowest BCUT2D eigenvalue weighted by molar-refractivity contribution is -0.145. The van der Waals surface area contributed by atoms with Crippen molar-refractivity contribution in [3.8, 4) is 0 Å². The zero-order valence-electron chi connectivity index (χ0n) is 7.52. The van der Waals surface area contributed by atoms with Crippen LogP contribution in [0.1, 0.15) is 6.42 Å². The predicted molar refractivity (Wildman–Crippen MR) is 48.4 cm³/mol. The lowest BCUT2D eigenvalue weighted by Crippen LogP contribution is -2.45. The molecule has 4 heteroatoms. The van der Waals surface area contributed by atoms with Crippen LogP contribution in [0.4, 0.5) is 0 Å². The fourth-order valence-electron chi connectivity index (χ4n) is 1.67. The first-order valence-corrected chi connectivity index (χ1v) is 4.37. The number of rotatable bonds is 3. The van der Waals surface area contributed by atoms with Crippen molar-refractivity contribution in [2.45, 2.75) is 12.5 Å². The van der Waals surface area contributed by atoms with E-state index in [1.54, 1.807) is 6.08 Å². The summed E-state index contributed by atoms with van der Waals surface area (Å²) in [7, 11) is 0. The van der Waals surface area contributed by atoms with Gasteiger partial charge in [-0.15, -0.1) is 6.58 Å². The first-order chi connectivity index (χ1) is 6.13. The zero-order chi connectivity index (χ0) is 9.84. The van der Waals surface area contributed by atoms with E-state index in [2.05, 4.69) is 6.58 Å². The largest absolute Gasteiger partial charge is 0.481 e. The highest BCUT2D eigenvalue weighted by Gasteiger charge is 2.29. The molecule has 2 atom stereocenters. The number of carboxylic acids is 1. The van der Waals surface area contributed by atoms with Gasteiger partial charge in [0.05, 0.1) is 12.0 Å². The highest BCUT2D eigenvalue weighted by Crippen LogP contribution is 2.16. The number of nitrogens with zero attached hydrogens (tertiary/aromatic N) is 1. The van der Waals surface area contributed by atoms with Crippen LogP contribution in [0.25, 0.3) is 0 Å². The molecule has 0 aromatic rings. The number of hydrogen-bond donors (Lipinski definition) is 2. The number of piperidine rings is 1. The van der Waals surface area contributed by atoms with Crippen molar-refractivity contribution in [1.29, 1.82) is 0 Å². The number of hydrogen-bond acceptors (Lipinski definition) is 3. The van der Waals surface area contributed by atoms with E-state index in [9.17, 15) is 9.90 Å². The smallest absolute Gasteiger partial charge is 0.307 e. The maximum atomic E-state index is 10.7. The molecule has 0 bridgehead atoms. The van der Waals surface area contributed by atoms with Crippen molar-refractivity contribution in [1.82, 2.24) is 4.90 Å². The van der Waals surface area contributed by atoms with E-state index in [-0.39, 0.29) is 0 Å². The Morgan fingerprint density at radius 1 is 1.62 bits per heavy atom. The molecular weight excluding hydrogens is 170 g/mol. The van der Waals surface area contributed by atoms with E-state index in [4.69, 9.17) is 5.11 Å². The van der Waals surface area contributed by atoms with Crippen LogP contribution in [-0.2, 0) is 4.79 Å². The van der Waals surface area contributed by atoms with Gasteiger partial charge in [0.25, 0.3) is 0 Å². The van der Waals surface area contributed by atoms with Crippen LogP contribution in [0.15, 0.2) is 12.7 Å². The summed E-state index contributed by atoms with van der Waals surface area (Å²) >= 11 is 0. The molecule has 13 heavy (non-hydrogen) atoms. The average Bonchev–Trinajstić information content (AvgIpc) is 2.03. The summed E-state index contributed by atoms with van der Waals surface area (Å²) in [6, 6.07) is 0. The fraction of sp³-hybridized carbons (Fsp3) is 0.667. The molecule has 0 radical (unpaired) electrons. The molecule has 1 rings (SSSR count). The van der Waals surface area contributed by atoms with Crippen LogP contribution < -0.4 is 0 Å². The van der Waals surface area contributed by atoms with Crippen molar-refractivity contribution < 1.29 is 15.0 Å². The molecule has 1 aliphatic heterocycles. The zero-order valence-corrected chi connectivity index (χ0v) is 7.52. The molecule has 1 saturated heterocycles. The molecule has 0 aliphatic carbocycles. The molecule has 2 unspecified atom stereocenters. The molecule has 0 amide bonds. The molecule has 0 aromatic carbocycles. The Kier molecular flexibility index (Phi) is 3.45. The van der Waals surface area contributed by atoms with Crippen molar-refractivity contribution in [2.24, 2.45) is 5.92 Å². The van der Waals surface area contributed by atoms with E-state index < -0.39 is 18.0 Å². The second-order valence-electron chi connectivity index (χ2n) is 3.43. The molecule has 2 N–H and O–H groups in total. The van der Waals surface area contributed by atoms with E-state index in [0.29, 0.717) is 26.1 Å². The molecule has 4 nitrogen and oxygen atoms in total. The lowest BCUT2D eigenvalue weighted by atomic mass is 9.96. The first-order valence-electron chi connectivity index (χ1n) is 4.37. The quantitative estimate of drug-likeness (QED) is 0.605. The van der Waals surface area contributed by atoms with Crippen LogP contribution >= 0.6 is 0 Å². The third-order valence-corrected chi connectivity index (χ3v) is 2.24. The summed E-state index contributed by atoms with van der Waals surface area (Å²) in [4.78, 5) is 12.6. The normalized spacial score (nSPS) is 29.9. The second kappa shape index (κ2) is 4.39. The highest BCUT2D eigenvalue weighted by atomic mass is 16.4. The monoisotopic (exact) mass is 185 g/mol. The highest BCUT2D eigenvalue weighted by molar-refractivity contribution is 5.70. The van der Waals surface area contributed by atoms with E-state index in [1.807, 2.05) is 4.90 Å². The van der Waals surface area contributed by atoms with Crippen LogP contribution in [0.2, 0.25) is 0 Å². The summed E-state index contributed by atoms with van der Waals surface area (Å²) in [5.74, 6) is -1.27. The number of likely N-dealkylation sites (tertiary alicyclic amines) is 1. The summed E-state index contributed by atoms with van der Waals surface area (Å²) in [5, 5.41) is 18.2. The van der Waals surface area contributed by atoms with Gasteiger partial charge in [-0.05, 0) is 6.42 Å². The minimum Gasteiger partial charge on any atom is -0.481 e. The molecular formula is C9H15NO3. The third kappa shape index (κ3) is 2.82. The van der Waals surface area contributed by atoms with Gasteiger partial charge in [0.2, 0.25) is 0 Å². The summed E-state index contributed by atoms with van der Waals surface area (Å²) < 4.78 is 0. The molecule has 1 heterocycles. The summed E-state index contributed by atoms with van der Waals surface area (Å²) in [6.45, 7) is 5.28. The number of β-amino-alcohol motifs (C(OH)–C–C–N with tert-alkyl or cyclic N) is 1. The maximum Gasteiger partial charge on any atom is 0.307 e. The first kappa shape index (κ1) is 10.2. The second-order valence-corrected chi connectivity index (χ2v) is 3.43. The Balaban J connectivity index is 2.51. The minimum absolute atomic E-state index is 0.364. The van der Waals surface area contributed by atoms with Crippen molar-refractivity contribution in [3.05, 3.63) is 12.7 Å². The van der Waals surface area contributed by atoms with Gasteiger partial charge >= 0.3 is 5.97 Å². The molecule has 0 aromatic heterocycles. The van der Waals surface area contributed by atoms with Crippen molar-refractivity contribution >= 4 is 5.97 Å². The summed E-state index contributed by atoms with van der Waals surface area (Å²) in [5.41, 5.74) is 0. The Morgan fingerprint density at radius 3 is 2.85 bits per heavy atom. The number of aliphatic hydroxyl groups excluding tert-OH is 1. The Hall–Kier alpha value is -0.870. The topological polar surface area (TPSA) is 60.8 Å². The molecule has 0 saturated carbocycles. The van der Waals surface area contributed by atoms with Crippen molar-refractivity contribution in [3.63, 3.8) is 0 Å². The minimum atomic E-state index is -0.826. The van der Waals surface area contributed by atoms with Crippen LogP contribution in [0.5, 0.6) is 0 Å². The van der Waals surface area contributed by atoms with Gasteiger partial charge < -0.3 is 10.2 Å². The molecule has 1 fully saturated rings. The number of carbonyl (C=O) groups is 1. The predicted octanol–water partition coefficient (Wildman–Crippen LogP) is -0.0602. The fourth-order valence-corrected chi connectivity index (χ4v) is 1.67. The number of carboxylic acid groups (broad SMARTS) is 1. The lowest BCUT2D eigenvalue weighted by Gasteiger charge is -2.32. The third-order valence-electron chi connectivity index (χ3n) is 2.24. The van der Waals surface area contributed by atoms with Crippen LogP contribution in [0.3, 0.4) is 0 Å². The molecule has 0 spiro atoms. The SMILES string of the molecule is C=CCN1CC(O)CC(C(=O)O)C1. The van der Waals surface area contributed by atoms with Crippen LogP contribution in [0, 0.1) is 5.92 Å². The standard InChI is InChI=1S/C9H15NO3/c1-2-3-10-5-7(9(12)13)4-8(11)6-10/h2,7-8,11H,1,3-6H2,(H,12,13). The average molecular weight is 185 g/mol. The van der Waals surface area contributed by atoms with Gasteiger partial charge in [-0.25, -0.2) is 0 Å². The van der Waals surface area contributed by atoms with Crippen LogP contribution in [-0.4, -0.2) is 46.8 Å². The maximum absolute atomic E-state index is 10.7. The Labute approximate surface area is 77.5 Å². The summed E-state index contributed by atoms with van der Waals surface area (Å²) in [6.07, 6.45) is 1.56.